The van der Waals surface area contributed by atoms with Crippen molar-refractivity contribution in [3.8, 4) is 0 Å². The average Bonchev–Trinajstić information content (AvgIpc) is 2.61. The molecule has 1 saturated heterocycles. The van der Waals surface area contributed by atoms with Crippen molar-refractivity contribution in [3.05, 3.63) is 51.0 Å². The summed E-state index contributed by atoms with van der Waals surface area (Å²) >= 11 is 5.95. The molecule has 0 unspecified atom stereocenters. The van der Waals surface area contributed by atoms with Gasteiger partial charge >= 0.3 is 6.18 Å². The largest absolute Gasteiger partial charge is 0.417 e. The molecule has 1 N–H and O–H groups in total. The van der Waals surface area contributed by atoms with Crippen LogP contribution in [0.4, 0.5) is 19.0 Å². The van der Waals surface area contributed by atoms with E-state index >= 15 is 0 Å². The predicted molar refractivity (Wildman–Crippen MR) is 87.2 cm³/mol. The smallest absolute Gasteiger partial charge is 0.352 e. The van der Waals surface area contributed by atoms with Gasteiger partial charge in [0.05, 0.1) is 10.6 Å². The molecule has 7 nitrogen and oxygen atoms in total. The van der Waals surface area contributed by atoms with Gasteiger partial charge in [0, 0.05) is 38.4 Å². The number of amides is 1. The molecule has 2 aromatic rings. The first kappa shape index (κ1) is 18.2. The number of halogens is 4. The summed E-state index contributed by atoms with van der Waals surface area (Å²) in [7, 11) is 0. The van der Waals surface area contributed by atoms with E-state index in [4.69, 9.17) is 11.6 Å². The molecule has 0 bridgehead atoms. The maximum absolute atomic E-state index is 12.7. The van der Waals surface area contributed by atoms with Gasteiger partial charge in [0.25, 0.3) is 11.5 Å². The van der Waals surface area contributed by atoms with E-state index in [0.717, 1.165) is 12.3 Å². The number of hydrogen-bond acceptors (Lipinski definition) is 5. The number of piperazine rings is 1. The average molecular weight is 388 g/mol. The molecule has 0 saturated carbocycles. The minimum absolute atomic E-state index is 0.0955. The molecule has 2 aromatic heterocycles. The molecular weight excluding hydrogens is 375 g/mol. The van der Waals surface area contributed by atoms with E-state index in [1.807, 2.05) is 0 Å². The van der Waals surface area contributed by atoms with Crippen molar-refractivity contribution in [1.29, 1.82) is 0 Å². The normalized spacial score (nSPS) is 15.2. The number of carbonyl (C=O) groups excluding carboxylic acids is 1. The summed E-state index contributed by atoms with van der Waals surface area (Å²) in [5, 5.41) is 5.80. The number of rotatable bonds is 2. The highest BCUT2D eigenvalue weighted by Crippen LogP contribution is 2.33. The Labute approximate surface area is 150 Å². The van der Waals surface area contributed by atoms with Crippen LogP contribution in [0, 0.1) is 0 Å². The molecule has 26 heavy (non-hydrogen) atoms. The minimum atomic E-state index is -4.51. The SMILES string of the molecule is O=C(c1ccc(=O)[nH]n1)N1CCN(c2ncc(C(F)(F)F)cc2Cl)CC1. The fraction of sp³-hybridized carbons (Fsp3) is 0.333. The lowest BCUT2D eigenvalue weighted by Crippen LogP contribution is -2.49. The minimum Gasteiger partial charge on any atom is -0.352 e. The maximum atomic E-state index is 12.7. The van der Waals surface area contributed by atoms with Gasteiger partial charge in [0.1, 0.15) is 11.5 Å². The van der Waals surface area contributed by atoms with E-state index < -0.39 is 17.3 Å². The van der Waals surface area contributed by atoms with Gasteiger partial charge in [-0.05, 0) is 12.1 Å². The molecule has 0 atom stereocenters. The van der Waals surface area contributed by atoms with Crippen molar-refractivity contribution in [2.45, 2.75) is 6.18 Å². The van der Waals surface area contributed by atoms with Crippen LogP contribution in [-0.4, -0.2) is 52.2 Å². The molecule has 1 aliphatic rings. The summed E-state index contributed by atoms with van der Waals surface area (Å²) < 4.78 is 38.1. The number of alkyl halides is 3. The highest BCUT2D eigenvalue weighted by atomic mass is 35.5. The number of nitrogens with zero attached hydrogens (tertiary/aromatic N) is 4. The van der Waals surface area contributed by atoms with E-state index in [1.54, 1.807) is 4.90 Å². The van der Waals surface area contributed by atoms with Gasteiger partial charge in [0.2, 0.25) is 0 Å². The highest BCUT2D eigenvalue weighted by molar-refractivity contribution is 6.33. The van der Waals surface area contributed by atoms with Crippen LogP contribution >= 0.6 is 11.6 Å². The van der Waals surface area contributed by atoms with E-state index in [-0.39, 0.29) is 22.4 Å². The summed E-state index contributed by atoms with van der Waals surface area (Å²) in [4.78, 5) is 30.4. The summed E-state index contributed by atoms with van der Waals surface area (Å²) in [5.41, 5.74) is -1.21. The van der Waals surface area contributed by atoms with Crippen molar-refractivity contribution in [2.24, 2.45) is 0 Å². The van der Waals surface area contributed by atoms with Crippen LogP contribution in [0.25, 0.3) is 0 Å². The quantitative estimate of drug-likeness (QED) is 0.849. The second-order valence-electron chi connectivity index (χ2n) is 5.61. The van der Waals surface area contributed by atoms with Crippen molar-refractivity contribution in [1.82, 2.24) is 20.1 Å². The Morgan fingerprint density at radius 2 is 1.88 bits per heavy atom. The van der Waals surface area contributed by atoms with Gasteiger partial charge in [0.15, 0.2) is 0 Å². The van der Waals surface area contributed by atoms with Crippen molar-refractivity contribution in [2.75, 3.05) is 31.1 Å². The second-order valence-corrected chi connectivity index (χ2v) is 6.02. The lowest BCUT2D eigenvalue weighted by atomic mass is 10.2. The maximum Gasteiger partial charge on any atom is 0.417 e. The molecule has 0 radical (unpaired) electrons. The van der Waals surface area contributed by atoms with Crippen LogP contribution in [-0.2, 0) is 6.18 Å². The summed E-state index contributed by atoms with van der Waals surface area (Å²) in [6.07, 6.45) is -3.77. The Kier molecular flexibility index (Phi) is 4.86. The van der Waals surface area contributed by atoms with Gasteiger partial charge < -0.3 is 9.80 Å². The zero-order valence-electron chi connectivity index (χ0n) is 13.3. The first-order valence-electron chi connectivity index (χ1n) is 7.58. The Hall–Kier alpha value is -2.62. The number of anilines is 1. The van der Waals surface area contributed by atoms with Gasteiger partial charge in [-0.2, -0.15) is 18.3 Å². The second kappa shape index (κ2) is 6.94. The topological polar surface area (TPSA) is 82.2 Å². The third-order valence-corrected chi connectivity index (χ3v) is 4.19. The van der Waals surface area contributed by atoms with E-state index in [1.165, 1.54) is 17.0 Å². The van der Waals surface area contributed by atoms with Gasteiger partial charge in [-0.15, -0.1) is 0 Å². The lowest BCUT2D eigenvalue weighted by Gasteiger charge is -2.35. The molecule has 3 heterocycles. The Morgan fingerprint density at radius 1 is 1.19 bits per heavy atom. The molecule has 138 valence electrons. The highest BCUT2D eigenvalue weighted by Gasteiger charge is 2.32. The summed E-state index contributed by atoms with van der Waals surface area (Å²) in [5.74, 6) is -0.0960. The molecule has 0 aliphatic carbocycles. The number of hydrogen-bond donors (Lipinski definition) is 1. The standard InChI is InChI=1S/C15H13ClF3N5O2/c16-10-7-9(15(17,18)19)8-20-13(10)23-3-5-24(6-4-23)14(26)11-1-2-12(25)22-21-11/h1-2,7-8H,3-6H2,(H,22,25). The van der Waals surface area contributed by atoms with Crippen LogP contribution < -0.4 is 10.5 Å². The van der Waals surface area contributed by atoms with Crippen LogP contribution in [0.15, 0.2) is 29.2 Å². The molecule has 1 aliphatic heterocycles. The molecule has 1 amide bonds. The van der Waals surface area contributed by atoms with Crippen molar-refractivity contribution in [3.63, 3.8) is 0 Å². The zero-order valence-corrected chi connectivity index (χ0v) is 14.0. The first-order valence-corrected chi connectivity index (χ1v) is 7.96. The van der Waals surface area contributed by atoms with E-state index in [2.05, 4.69) is 15.2 Å². The molecular formula is C15H13ClF3N5O2. The van der Waals surface area contributed by atoms with E-state index in [9.17, 15) is 22.8 Å². The first-order chi connectivity index (χ1) is 12.3. The number of nitrogens with one attached hydrogen (secondary N) is 1. The molecule has 1 fully saturated rings. The van der Waals surface area contributed by atoms with Crippen LogP contribution in [0.3, 0.4) is 0 Å². The molecule has 0 aromatic carbocycles. The number of H-pyrrole nitrogens is 1. The molecule has 0 spiro atoms. The van der Waals surface area contributed by atoms with Gasteiger partial charge in [-0.25, -0.2) is 10.1 Å². The number of carbonyl (C=O) groups is 1. The van der Waals surface area contributed by atoms with Crippen LogP contribution in [0.1, 0.15) is 16.1 Å². The summed E-state index contributed by atoms with van der Waals surface area (Å²) in [6, 6.07) is 3.38. The fourth-order valence-electron chi connectivity index (χ4n) is 2.57. The van der Waals surface area contributed by atoms with E-state index in [0.29, 0.717) is 26.2 Å². The van der Waals surface area contributed by atoms with Gasteiger partial charge in [-0.3, -0.25) is 9.59 Å². The Balaban J connectivity index is 1.68. The zero-order chi connectivity index (χ0) is 18.9. The van der Waals surface area contributed by atoms with Crippen molar-refractivity contribution >= 4 is 23.3 Å². The Bertz CT molecular complexity index is 858. The Morgan fingerprint density at radius 3 is 2.42 bits per heavy atom. The molecule has 11 heteroatoms. The number of pyridine rings is 1. The number of aromatic nitrogens is 3. The monoisotopic (exact) mass is 387 g/mol. The number of aromatic amines is 1. The lowest BCUT2D eigenvalue weighted by molar-refractivity contribution is -0.137. The van der Waals surface area contributed by atoms with Gasteiger partial charge in [-0.1, -0.05) is 11.6 Å². The third kappa shape index (κ3) is 3.79. The third-order valence-electron chi connectivity index (χ3n) is 3.91. The van der Waals surface area contributed by atoms with Crippen LogP contribution in [0.5, 0.6) is 0 Å². The van der Waals surface area contributed by atoms with Crippen molar-refractivity contribution < 1.29 is 18.0 Å². The van der Waals surface area contributed by atoms with Crippen LogP contribution in [0.2, 0.25) is 5.02 Å². The fourth-order valence-corrected chi connectivity index (χ4v) is 2.85. The predicted octanol–water partition coefficient (Wildman–Crippen LogP) is 1.80. The molecule has 3 rings (SSSR count). The summed E-state index contributed by atoms with van der Waals surface area (Å²) in [6.45, 7) is 1.34.